The van der Waals surface area contributed by atoms with Gasteiger partial charge in [-0.25, -0.2) is 0 Å². The van der Waals surface area contributed by atoms with Crippen molar-refractivity contribution >= 4 is 0 Å². The SMILES string of the molecule is COc1ccc(C(N)C2COCCN2)cc1OC. The summed E-state index contributed by atoms with van der Waals surface area (Å²) < 4.78 is 15.9. The summed E-state index contributed by atoms with van der Waals surface area (Å²) in [4.78, 5) is 0. The number of benzene rings is 1. The summed E-state index contributed by atoms with van der Waals surface area (Å²) in [5.74, 6) is 1.41. The Hall–Kier alpha value is -1.30. The van der Waals surface area contributed by atoms with E-state index in [-0.39, 0.29) is 12.1 Å². The van der Waals surface area contributed by atoms with Crippen molar-refractivity contribution in [2.24, 2.45) is 5.73 Å². The maximum Gasteiger partial charge on any atom is 0.161 e. The highest BCUT2D eigenvalue weighted by atomic mass is 16.5. The first-order chi connectivity index (χ1) is 8.76. The van der Waals surface area contributed by atoms with Gasteiger partial charge in [0.1, 0.15) is 0 Å². The Morgan fingerprint density at radius 3 is 2.72 bits per heavy atom. The average Bonchev–Trinajstić information content (AvgIpc) is 2.46. The molecule has 0 bridgehead atoms. The Balaban J connectivity index is 2.16. The van der Waals surface area contributed by atoms with E-state index in [9.17, 15) is 0 Å². The van der Waals surface area contributed by atoms with E-state index in [4.69, 9.17) is 19.9 Å². The second-order valence-corrected chi connectivity index (χ2v) is 4.28. The maximum absolute atomic E-state index is 6.25. The van der Waals surface area contributed by atoms with E-state index in [1.54, 1.807) is 14.2 Å². The highest BCUT2D eigenvalue weighted by Gasteiger charge is 2.22. The maximum atomic E-state index is 6.25. The minimum Gasteiger partial charge on any atom is -0.493 e. The quantitative estimate of drug-likeness (QED) is 0.825. The van der Waals surface area contributed by atoms with Gasteiger partial charge in [-0.2, -0.15) is 0 Å². The molecule has 18 heavy (non-hydrogen) atoms. The van der Waals surface area contributed by atoms with Crippen molar-refractivity contribution in [1.82, 2.24) is 5.32 Å². The van der Waals surface area contributed by atoms with Crippen molar-refractivity contribution in [1.29, 1.82) is 0 Å². The van der Waals surface area contributed by atoms with Crippen LogP contribution in [-0.2, 0) is 4.74 Å². The molecule has 1 aliphatic rings. The molecule has 3 N–H and O–H groups in total. The number of nitrogens with one attached hydrogen (secondary N) is 1. The smallest absolute Gasteiger partial charge is 0.161 e. The van der Waals surface area contributed by atoms with Crippen molar-refractivity contribution in [2.75, 3.05) is 34.0 Å². The van der Waals surface area contributed by atoms with E-state index in [0.717, 1.165) is 18.7 Å². The Morgan fingerprint density at radius 1 is 1.33 bits per heavy atom. The van der Waals surface area contributed by atoms with E-state index < -0.39 is 0 Å². The summed E-state index contributed by atoms with van der Waals surface area (Å²) in [5.41, 5.74) is 7.26. The Kier molecular flexibility index (Phi) is 4.41. The van der Waals surface area contributed by atoms with Gasteiger partial charge in [0.05, 0.1) is 27.4 Å². The molecule has 5 heteroatoms. The molecule has 1 saturated heterocycles. The third kappa shape index (κ3) is 2.75. The zero-order valence-electron chi connectivity index (χ0n) is 10.8. The first-order valence-corrected chi connectivity index (χ1v) is 6.05. The fraction of sp³-hybridized carbons (Fsp3) is 0.538. The van der Waals surface area contributed by atoms with Crippen LogP contribution >= 0.6 is 0 Å². The van der Waals surface area contributed by atoms with Crippen molar-refractivity contribution in [3.63, 3.8) is 0 Å². The summed E-state index contributed by atoms with van der Waals surface area (Å²) in [5, 5.41) is 3.36. The van der Waals surface area contributed by atoms with Crippen molar-refractivity contribution < 1.29 is 14.2 Å². The molecule has 2 unspecified atom stereocenters. The van der Waals surface area contributed by atoms with Crippen LogP contribution in [0.4, 0.5) is 0 Å². The number of methoxy groups -OCH3 is 2. The van der Waals surface area contributed by atoms with Crippen LogP contribution < -0.4 is 20.5 Å². The zero-order chi connectivity index (χ0) is 13.0. The van der Waals surface area contributed by atoms with E-state index in [1.807, 2.05) is 18.2 Å². The fourth-order valence-corrected chi connectivity index (χ4v) is 2.11. The lowest BCUT2D eigenvalue weighted by Gasteiger charge is -2.29. The second kappa shape index (κ2) is 6.04. The topological polar surface area (TPSA) is 65.7 Å². The van der Waals surface area contributed by atoms with E-state index >= 15 is 0 Å². The van der Waals surface area contributed by atoms with Gasteiger partial charge in [0.2, 0.25) is 0 Å². The predicted octanol–water partition coefficient (Wildman–Crippen LogP) is 0.692. The van der Waals surface area contributed by atoms with Gasteiger partial charge in [-0.3, -0.25) is 0 Å². The molecule has 0 radical (unpaired) electrons. The van der Waals surface area contributed by atoms with E-state index in [2.05, 4.69) is 5.32 Å². The minimum absolute atomic E-state index is 0.120. The number of morpholine rings is 1. The number of nitrogens with two attached hydrogens (primary N) is 1. The highest BCUT2D eigenvalue weighted by molar-refractivity contribution is 5.44. The third-order valence-electron chi connectivity index (χ3n) is 3.18. The molecule has 0 amide bonds. The molecule has 2 atom stereocenters. The molecular weight excluding hydrogens is 232 g/mol. The summed E-state index contributed by atoms with van der Waals surface area (Å²) in [6.45, 7) is 2.22. The normalized spacial score (nSPS) is 21.4. The van der Waals surface area contributed by atoms with E-state index in [1.165, 1.54) is 0 Å². The van der Waals surface area contributed by atoms with Crippen LogP contribution in [0, 0.1) is 0 Å². The molecule has 1 aromatic rings. The fourth-order valence-electron chi connectivity index (χ4n) is 2.11. The van der Waals surface area contributed by atoms with Crippen LogP contribution in [0.1, 0.15) is 11.6 Å². The lowest BCUT2D eigenvalue weighted by Crippen LogP contribution is -2.47. The molecule has 1 heterocycles. The molecule has 0 aromatic heterocycles. The average molecular weight is 252 g/mol. The van der Waals surface area contributed by atoms with Crippen molar-refractivity contribution in [3.8, 4) is 11.5 Å². The number of ether oxygens (including phenoxy) is 3. The van der Waals surface area contributed by atoms with Gasteiger partial charge in [-0.05, 0) is 17.7 Å². The predicted molar refractivity (Wildman–Crippen MR) is 69.1 cm³/mol. The summed E-state index contributed by atoms with van der Waals surface area (Å²) in [6.07, 6.45) is 0. The first kappa shape index (κ1) is 13.1. The van der Waals surface area contributed by atoms with Crippen LogP contribution in [0.15, 0.2) is 18.2 Å². The monoisotopic (exact) mass is 252 g/mol. The standard InChI is InChI=1S/C13H20N2O3/c1-16-11-4-3-9(7-12(11)17-2)13(14)10-8-18-6-5-15-10/h3-4,7,10,13,15H,5-6,8,14H2,1-2H3. The minimum atomic E-state index is -0.120. The highest BCUT2D eigenvalue weighted by Crippen LogP contribution is 2.30. The lowest BCUT2D eigenvalue weighted by molar-refractivity contribution is 0.0684. The largest absolute Gasteiger partial charge is 0.493 e. The summed E-state index contributed by atoms with van der Waals surface area (Å²) in [6, 6.07) is 5.77. The third-order valence-corrected chi connectivity index (χ3v) is 3.18. The Morgan fingerprint density at radius 2 is 2.11 bits per heavy atom. The lowest BCUT2D eigenvalue weighted by atomic mass is 9.99. The first-order valence-electron chi connectivity index (χ1n) is 6.05. The molecule has 1 aromatic carbocycles. The molecule has 5 nitrogen and oxygen atoms in total. The molecule has 1 aliphatic heterocycles. The van der Waals surface area contributed by atoms with Crippen LogP contribution in [0.3, 0.4) is 0 Å². The molecule has 100 valence electrons. The molecule has 1 fully saturated rings. The second-order valence-electron chi connectivity index (χ2n) is 4.28. The van der Waals surface area contributed by atoms with Crippen LogP contribution in [0.2, 0.25) is 0 Å². The molecular formula is C13H20N2O3. The summed E-state index contributed by atoms with van der Waals surface area (Å²) in [7, 11) is 3.24. The van der Waals surface area contributed by atoms with Gasteiger partial charge >= 0.3 is 0 Å². The molecule has 0 aliphatic carbocycles. The van der Waals surface area contributed by atoms with Crippen LogP contribution in [-0.4, -0.2) is 40.0 Å². The van der Waals surface area contributed by atoms with Crippen LogP contribution in [0.5, 0.6) is 11.5 Å². The molecule has 0 spiro atoms. The van der Waals surface area contributed by atoms with Gasteiger partial charge in [0.25, 0.3) is 0 Å². The molecule has 2 rings (SSSR count). The molecule has 0 saturated carbocycles. The van der Waals surface area contributed by atoms with E-state index in [0.29, 0.717) is 18.1 Å². The Labute approximate surface area is 107 Å². The van der Waals surface area contributed by atoms with Crippen LogP contribution in [0.25, 0.3) is 0 Å². The van der Waals surface area contributed by atoms with Gasteiger partial charge in [-0.15, -0.1) is 0 Å². The number of rotatable bonds is 4. The van der Waals surface area contributed by atoms with Gasteiger partial charge in [0.15, 0.2) is 11.5 Å². The summed E-state index contributed by atoms with van der Waals surface area (Å²) >= 11 is 0. The number of hydrogen-bond donors (Lipinski definition) is 2. The number of hydrogen-bond acceptors (Lipinski definition) is 5. The van der Waals surface area contributed by atoms with Gasteiger partial charge in [-0.1, -0.05) is 6.07 Å². The zero-order valence-corrected chi connectivity index (χ0v) is 10.8. The van der Waals surface area contributed by atoms with Crippen molar-refractivity contribution in [3.05, 3.63) is 23.8 Å². The van der Waals surface area contributed by atoms with Crippen molar-refractivity contribution in [2.45, 2.75) is 12.1 Å². The van der Waals surface area contributed by atoms with Gasteiger partial charge < -0.3 is 25.3 Å². The Bertz CT molecular complexity index is 392. The van der Waals surface area contributed by atoms with Gasteiger partial charge in [0, 0.05) is 18.6 Å².